The molecule has 1 aromatic rings. The Kier molecular flexibility index (Phi) is 4.70. The summed E-state index contributed by atoms with van der Waals surface area (Å²) >= 11 is 0. The molecule has 0 aliphatic heterocycles. The minimum Gasteiger partial charge on any atom is -0.248 e. The fourth-order valence-electron chi connectivity index (χ4n) is 0.815. The number of aryl methyl sites for hydroxylation is 1. The van der Waals surface area contributed by atoms with Gasteiger partial charge in [-0.2, -0.15) is 10.4 Å². The van der Waals surface area contributed by atoms with Crippen molar-refractivity contribution in [1.29, 1.82) is 5.26 Å². The Morgan fingerprint density at radius 3 is 2.25 bits per heavy atom. The highest BCUT2D eigenvalue weighted by atomic mass is 15.3. The highest BCUT2D eigenvalue weighted by Crippen LogP contribution is 2.02. The summed E-state index contributed by atoms with van der Waals surface area (Å²) in [7, 11) is 0. The minimum absolute atomic E-state index is 0.424. The smallest absolute Gasteiger partial charge is 0.138 e. The van der Waals surface area contributed by atoms with Gasteiger partial charge in [-0.05, 0) is 20.8 Å². The van der Waals surface area contributed by atoms with Gasteiger partial charge in [0.15, 0.2) is 0 Å². The van der Waals surface area contributed by atoms with E-state index in [1.165, 1.54) is 6.92 Å². The molecule has 0 spiro atoms. The Morgan fingerprint density at radius 1 is 1.58 bits per heavy atom. The lowest BCUT2D eigenvalue weighted by Gasteiger charge is -2.04. The predicted molar refractivity (Wildman–Crippen MR) is 46.4 cm³/mol. The van der Waals surface area contributed by atoms with Crippen LogP contribution in [0.2, 0.25) is 0 Å². The molecular weight excluding hydrogens is 152 g/mol. The SMILES string of the molecule is CC#N.Cc1ncnn1C(C)C. The van der Waals surface area contributed by atoms with Crippen molar-refractivity contribution in [3.05, 3.63) is 12.2 Å². The molecule has 0 amide bonds. The van der Waals surface area contributed by atoms with Gasteiger partial charge in [-0.1, -0.05) is 0 Å². The molecule has 0 aliphatic rings. The van der Waals surface area contributed by atoms with Gasteiger partial charge in [0.05, 0.1) is 6.07 Å². The third-order valence-corrected chi connectivity index (χ3v) is 1.24. The monoisotopic (exact) mass is 166 g/mol. The molecule has 4 nitrogen and oxygen atoms in total. The Labute approximate surface area is 72.8 Å². The molecule has 0 radical (unpaired) electrons. The van der Waals surface area contributed by atoms with E-state index in [-0.39, 0.29) is 0 Å². The van der Waals surface area contributed by atoms with Crippen molar-refractivity contribution in [3.63, 3.8) is 0 Å². The maximum Gasteiger partial charge on any atom is 0.138 e. The second-order valence-corrected chi connectivity index (χ2v) is 2.57. The predicted octanol–water partition coefficient (Wildman–Crippen LogP) is 1.70. The van der Waals surface area contributed by atoms with Crippen LogP contribution in [-0.4, -0.2) is 14.8 Å². The Balaban J connectivity index is 0.000000354. The molecule has 0 unspecified atom stereocenters. The minimum atomic E-state index is 0.424. The van der Waals surface area contributed by atoms with Crippen LogP contribution in [0.25, 0.3) is 0 Å². The lowest BCUT2D eigenvalue weighted by Crippen LogP contribution is -2.04. The van der Waals surface area contributed by atoms with Crippen LogP contribution in [0, 0.1) is 18.3 Å². The molecular formula is C8H14N4. The fourth-order valence-corrected chi connectivity index (χ4v) is 0.815. The quantitative estimate of drug-likeness (QED) is 0.638. The summed E-state index contributed by atoms with van der Waals surface area (Å²) < 4.78 is 1.89. The number of rotatable bonds is 1. The molecule has 4 heteroatoms. The third kappa shape index (κ3) is 3.15. The zero-order valence-electron chi connectivity index (χ0n) is 7.94. The van der Waals surface area contributed by atoms with Crippen LogP contribution in [0.15, 0.2) is 6.33 Å². The Hall–Kier alpha value is -1.37. The lowest BCUT2D eigenvalue weighted by molar-refractivity contribution is 0.516. The van der Waals surface area contributed by atoms with E-state index in [0.717, 1.165) is 5.82 Å². The zero-order valence-corrected chi connectivity index (χ0v) is 7.94. The molecule has 12 heavy (non-hydrogen) atoms. The first-order chi connectivity index (χ1) is 5.63. The van der Waals surface area contributed by atoms with Crippen LogP contribution in [0.4, 0.5) is 0 Å². The average Bonchev–Trinajstić information content (AvgIpc) is 2.36. The molecule has 0 N–H and O–H groups in total. The molecule has 66 valence electrons. The summed E-state index contributed by atoms with van der Waals surface area (Å²) in [5, 5.41) is 11.3. The van der Waals surface area contributed by atoms with Crippen LogP contribution in [0.1, 0.15) is 32.6 Å². The maximum absolute atomic E-state index is 7.32. The first-order valence-electron chi connectivity index (χ1n) is 3.80. The molecule has 0 fully saturated rings. The Bertz CT molecular complexity index is 256. The molecule has 1 aromatic heterocycles. The van der Waals surface area contributed by atoms with Gasteiger partial charge in [0.25, 0.3) is 0 Å². The second kappa shape index (κ2) is 5.30. The third-order valence-electron chi connectivity index (χ3n) is 1.24. The molecule has 0 aliphatic carbocycles. The summed E-state index contributed by atoms with van der Waals surface area (Å²) in [5.41, 5.74) is 0. The van der Waals surface area contributed by atoms with E-state index in [4.69, 9.17) is 5.26 Å². The van der Waals surface area contributed by atoms with Crippen molar-refractivity contribution in [2.45, 2.75) is 33.7 Å². The number of hydrogen-bond acceptors (Lipinski definition) is 3. The van der Waals surface area contributed by atoms with Gasteiger partial charge in [0.2, 0.25) is 0 Å². The van der Waals surface area contributed by atoms with Gasteiger partial charge < -0.3 is 0 Å². The second-order valence-electron chi connectivity index (χ2n) is 2.57. The highest BCUT2D eigenvalue weighted by molar-refractivity contribution is 4.79. The van der Waals surface area contributed by atoms with Gasteiger partial charge in [0, 0.05) is 13.0 Å². The summed E-state index contributed by atoms with van der Waals surface area (Å²) in [6.07, 6.45) is 1.58. The van der Waals surface area contributed by atoms with E-state index in [1.807, 2.05) is 11.6 Å². The summed E-state index contributed by atoms with van der Waals surface area (Å²) in [5.74, 6) is 0.977. The van der Waals surface area contributed by atoms with E-state index in [1.54, 1.807) is 12.4 Å². The van der Waals surface area contributed by atoms with E-state index in [9.17, 15) is 0 Å². The van der Waals surface area contributed by atoms with Gasteiger partial charge in [-0.15, -0.1) is 0 Å². The molecule has 1 rings (SSSR count). The summed E-state index contributed by atoms with van der Waals surface area (Å²) in [4.78, 5) is 3.99. The van der Waals surface area contributed by atoms with Gasteiger partial charge in [-0.25, -0.2) is 9.67 Å². The molecule has 1 heterocycles. The number of nitrogens with zero attached hydrogens (tertiary/aromatic N) is 4. The van der Waals surface area contributed by atoms with Crippen LogP contribution < -0.4 is 0 Å². The molecule has 0 aromatic carbocycles. The van der Waals surface area contributed by atoms with Crippen LogP contribution in [0.3, 0.4) is 0 Å². The van der Waals surface area contributed by atoms with Crippen LogP contribution >= 0.6 is 0 Å². The van der Waals surface area contributed by atoms with Crippen LogP contribution in [-0.2, 0) is 0 Å². The normalized spacial score (nSPS) is 8.67. The number of nitriles is 1. The molecule has 0 atom stereocenters. The van der Waals surface area contributed by atoms with Crippen molar-refractivity contribution in [1.82, 2.24) is 14.8 Å². The largest absolute Gasteiger partial charge is 0.248 e. The maximum atomic E-state index is 7.32. The van der Waals surface area contributed by atoms with E-state index in [2.05, 4.69) is 23.9 Å². The highest BCUT2D eigenvalue weighted by Gasteiger charge is 1.99. The fraction of sp³-hybridized carbons (Fsp3) is 0.625. The van der Waals surface area contributed by atoms with Gasteiger partial charge >= 0.3 is 0 Å². The van der Waals surface area contributed by atoms with Crippen molar-refractivity contribution in [2.75, 3.05) is 0 Å². The van der Waals surface area contributed by atoms with Gasteiger partial charge in [-0.3, -0.25) is 0 Å². The standard InChI is InChI=1S/C6H11N3.C2H3N/c1-5(2)9-6(3)7-4-8-9;1-2-3/h4-5H,1-3H3;1H3. The number of hydrogen-bond donors (Lipinski definition) is 0. The molecule has 0 bridgehead atoms. The summed E-state index contributed by atoms with van der Waals surface area (Å²) in [6, 6.07) is 2.17. The molecule has 0 saturated carbocycles. The average molecular weight is 166 g/mol. The Morgan fingerprint density at radius 2 is 2.08 bits per heavy atom. The van der Waals surface area contributed by atoms with E-state index >= 15 is 0 Å². The molecule has 0 saturated heterocycles. The first kappa shape index (κ1) is 10.6. The van der Waals surface area contributed by atoms with Crippen molar-refractivity contribution >= 4 is 0 Å². The van der Waals surface area contributed by atoms with Crippen LogP contribution in [0.5, 0.6) is 0 Å². The number of aromatic nitrogens is 3. The van der Waals surface area contributed by atoms with Gasteiger partial charge in [0.1, 0.15) is 12.2 Å². The van der Waals surface area contributed by atoms with Crippen molar-refractivity contribution < 1.29 is 0 Å². The first-order valence-corrected chi connectivity index (χ1v) is 3.80. The van der Waals surface area contributed by atoms with E-state index in [0.29, 0.717) is 6.04 Å². The lowest BCUT2D eigenvalue weighted by atomic mass is 10.4. The zero-order chi connectivity index (χ0) is 9.56. The van der Waals surface area contributed by atoms with Crippen molar-refractivity contribution in [2.24, 2.45) is 0 Å². The van der Waals surface area contributed by atoms with E-state index < -0.39 is 0 Å². The topological polar surface area (TPSA) is 54.5 Å². The summed E-state index contributed by atoms with van der Waals surface area (Å²) in [6.45, 7) is 7.55. The van der Waals surface area contributed by atoms with Crippen molar-refractivity contribution in [3.8, 4) is 6.07 Å².